The van der Waals surface area contributed by atoms with Gasteiger partial charge in [0.25, 0.3) is 5.69 Å². The lowest BCUT2D eigenvalue weighted by Gasteiger charge is -2.13. The third-order valence-electron chi connectivity index (χ3n) is 2.73. The van der Waals surface area contributed by atoms with Gasteiger partial charge in [0.2, 0.25) is 5.91 Å². The van der Waals surface area contributed by atoms with Crippen molar-refractivity contribution in [2.24, 2.45) is 0 Å². The van der Waals surface area contributed by atoms with Crippen molar-refractivity contribution < 1.29 is 18.1 Å². The van der Waals surface area contributed by atoms with Gasteiger partial charge in [-0.15, -0.1) is 0 Å². The maximum absolute atomic E-state index is 11.7. The van der Waals surface area contributed by atoms with E-state index < -0.39 is 20.8 Å². The molecule has 0 spiro atoms. The van der Waals surface area contributed by atoms with Gasteiger partial charge in [-0.3, -0.25) is 14.9 Å². The summed E-state index contributed by atoms with van der Waals surface area (Å²) in [6.07, 6.45) is 1.19. The molecular formula is C13H19N3O5S. The van der Waals surface area contributed by atoms with Gasteiger partial charge in [-0.1, -0.05) is 12.1 Å². The Morgan fingerprint density at radius 2 is 2.00 bits per heavy atom. The highest BCUT2D eigenvalue weighted by Crippen LogP contribution is 2.22. The average molecular weight is 329 g/mol. The first-order valence-electron chi connectivity index (χ1n) is 6.63. The number of carbonyl (C=O) groups is 1. The van der Waals surface area contributed by atoms with Gasteiger partial charge < -0.3 is 10.6 Å². The van der Waals surface area contributed by atoms with Crippen molar-refractivity contribution in [3.05, 3.63) is 34.4 Å². The molecule has 0 unspecified atom stereocenters. The van der Waals surface area contributed by atoms with Gasteiger partial charge in [0.1, 0.15) is 15.5 Å². The number of hydrogen-bond donors (Lipinski definition) is 2. The van der Waals surface area contributed by atoms with E-state index in [-0.39, 0.29) is 30.3 Å². The summed E-state index contributed by atoms with van der Waals surface area (Å²) in [5, 5.41) is 16.2. The second-order valence-electron chi connectivity index (χ2n) is 5.01. The predicted octanol–water partition coefficient (Wildman–Crippen LogP) is 0.946. The van der Waals surface area contributed by atoms with E-state index in [0.29, 0.717) is 5.69 Å². The molecule has 0 saturated heterocycles. The van der Waals surface area contributed by atoms with E-state index in [4.69, 9.17) is 0 Å². The van der Waals surface area contributed by atoms with Gasteiger partial charge in [0, 0.05) is 31.3 Å². The van der Waals surface area contributed by atoms with Crippen LogP contribution in [-0.2, 0) is 14.6 Å². The molecular weight excluding hydrogens is 310 g/mol. The third kappa shape index (κ3) is 6.53. The molecule has 0 aliphatic heterocycles. The maximum Gasteiger partial charge on any atom is 0.292 e. The van der Waals surface area contributed by atoms with Gasteiger partial charge in [0.15, 0.2) is 0 Å². The van der Waals surface area contributed by atoms with Crippen LogP contribution >= 0.6 is 0 Å². The first-order valence-corrected chi connectivity index (χ1v) is 8.69. The molecule has 1 aromatic carbocycles. The fourth-order valence-electron chi connectivity index (χ4n) is 1.94. The Kier molecular flexibility index (Phi) is 6.29. The number of nitrogens with one attached hydrogen (secondary N) is 2. The van der Waals surface area contributed by atoms with Crippen LogP contribution in [0, 0.1) is 10.1 Å². The fourth-order valence-corrected chi connectivity index (χ4v) is 2.93. The molecule has 1 atom stereocenters. The molecule has 0 aromatic heterocycles. The lowest BCUT2D eigenvalue weighted by Crippen LogP contribution is -2.37. The van der Waals surface area contributed by atoms with Crippen molar-refractivity contribution in [1.82, 2.24) is 5.32 Å². The molecule has 0 heterocycles. The first kappa shape index (κ1) is 17.9. The SMILES string of the molecule is C[C@@H](CS(C)(=O)=O)NC(=O)CCNc1ccccc1[N+](=O)[O-]. The van der Waals surface area contributed by atoms with E-state index in [2.05, 4.69) is 10.6 Å². The van der Waals surface area contributed by atoms with Crippen LogP contribution in [0.25, 0.3) is 0 Å². The maximum atomic E-state index is 11.7. The normalized spacial score (nSPS) is 12.5. The van der Waals surface area contributed by atoms with Crippen molar-refractivity contribution in [3.63, 3.8) is 0 Å². The Bertz CT molecular complexity index is 645. The molecule has 8 nitrogen and oxygen atoms in total. The molecule has 1 amide bonds. The standard InChI is InChI=1S/C13H19N3O5S/c1-10(9-22(2,20)21)15-13(17)7-8-14-11-5-3-4-6-12(11)16(18)19/h3-6,10,14H,7-9H2,1-2H3,(H,15,17)/t10-/m0/s1. The number of amides is 1. The second-order valence-corrected chi connectivity index (χ2v) is 7.20. The Labute approximate surface area is 129 Å². The van der Waals surface area contributed by atoms with E-state index in [1.54, 1.807) is 25.1 Å². The molecule has 0 radical (unpaired) electrons. The van der Waals surface area contributed by atoms with Crippen molar-refractivity contribution in [3.8, 4) is 0 Å². The van der Waals surface area contributed by atoms with Crippen LogP contribution in [0.2, 0.25) is 0 Å². The fraction of sp³-hybridized carbons (Fsp3) is 0.462. The van der Waals surface area contributed by atoms with Crippen LogP contribution in [0.3, 0.4) is 0 Å². The number of sulfone groups is 1. The van der Waals surface area contributed by atoms with Crippen LogP contribution in [0.5, 0.6) is 0 Å². The summed E-state index contributed by atoms with van der Waals surface area (Å²) in [6, 6.07) is 5.67. The number of benzene rings is 1. The summed E-state index contributed by atoms with van der Waals surface area (Å²) >= 11 is 0. The summed E-state index contributed by atoms with van der Waals surface area (Å²) in [4.78, 5) is 22.0. The van der Waals surface area contributed by atoms with Gasteiger partial charge in [-0.05, 0) is 13.0 Å². The quantitative estimate of drug-likeness (QED) is 0.541. The molecule has 0 aliphatic carbocycles. The van der Waals surface area contributed by atoms with Crippen molar-refractivity contribution in [1.29, 1.82) is 0 Å². The molecule has 2 N–H and O–H groups in total. The highest BCUT2D eigenvalue weighted by atomic mass is 32.2. The van der Waals surface area contributed by atoms with Crippen LogP contribution in [0.15, 0.2) is 24.3 Å². The number of hydrogen-bond acceptors (Lipinski definition) is 6. The summed E-state index contributed by atoms with van der Waals surface area (Å²) in [7, 11) is -3.15. The third-order valence-corrected chi connectivity index (χ3v) is 3.83. The molecule has 0 aliphatic rings. The summed E-state index contributed by atoms with van der Waals surface area (Å²) in [5.41, 5.74) is 0.276. The van der Waals surface area contributed by atoms with Crippen LogP contribution in [0.4, 0.5) is 11.4 Å². The Morgan fingerprint density at radius 1 is 1.36 bits per heavy atom. The molecule has 122 valence electrons. The number of para-hydroxylation sites is 2. The number of carbonyl (C=O) groups excluding carboxylic acids is 1. The highest BCUT2D eigenvalue weighted by Gasteiger charge is 2.14. The zero-order valence-electron chi connectivity index (χ0n) is 12.4. The molecule has 22 heavy (non-hydrogen) atoms. The monoisotopic (exact) mass is 329 g/mol. The van der Waals surface area contributed by atoms with E-state index in [0.717, 1.165) is 6.26 Å². The van der Waals surface area contributed by atoms with E-state index in [9.17, 15) is 23.3 Å². The lowest BCUT2D eigenvalue weighted by molar-refractivity contribution is -0.384. The minimum atomic E-state index is -3.15. The number of rotatable bonds is 8. The molecule has 0 fully saturated rings. The van der Waals surface area contributed by atoms with Gasteiger partial charge in [-0.2, -0.15) is 0 Å². The Balaban J connectivity index is 2.45. The minimum absolute atomic E-state index is 0.0617. The molecule has 1 rings (SSSR count). The number of anilines is 1. The van der Waals surface area contributed by atoms with Crippen LogP contribution in [0.1, 0.15) is 13.3 Å². The zero-order valence-corrected chi connectivity index (χ0v) is 13.2. The highest BCUT2D eigenvalue weighted by molar-refractivity contribution is 7.90. The van der Waals surface area contributed by atoms with E-state index in [1.807, 2.05) is 0 Å². The predicted molar refractivity (Wildman–Crippen MR) is 83.5 cm³/mol. The van der Waals surface area contributed by atoms with Crippen molar-refractivity contribution in [2.75, 3.05) is 23.9 Å². The van der Waals surface area contributed by atoms with Gasteiger partial charge in [-0.25, -0.2) is 8.42 Å². The second kappa shape index (κ2) is 7.74. The van der Waals surface area contributed by atoms with E-state index >= 15 is 0 Å². The van der Waals surface area contributed by atoms with E-state index in [1.165, 1.54) is 6.07 Å². The molecule has 1 aromatic rings. The van der Waals surface area contributed by atoms with Crippen LogP contribution < -0.4 is 10.6 Å². The van der Waals surface area contributed by atoms with Crippen LogP contribution in [-0.4, -0.2) is 43.8 Å². The summed E-state index contributed by atoms with van der Waals surface area (Å²) in [6.45, 7) is 1.82. The summed E-state index contributed by atoms with van der Waals surface area (Å²) in [5.74, 6) is -0.446. The smallest absolute Gasteiger partial charge is 0.292 e. The molecule has 9 heteroatoms. The van der Waals surface area contributed by atoms with Gasteiger partial charge >= 0.3 is 0 Å². The number of nitrogens with zero attached hydrogens (tertiary/aromatic N) is 1. The van der Waals surface area contributed by atoms with Crippen molar-refractivity contribution >= 4 is 27.1 Å². The lowest BCUT2D eigenvalue weighted by atomic mass is 10.2. The summed E-state index contributed by atoms with van der Waals surface area (Å²) < 4.78 is 22.2. The number of nitro groups is 1. The largest absolute Gasteiger partial charge is 0.379 e. The topological polar surface area (TPSA) is 118 Å². The Morgan fingerprint density at radius 3 is 2.59 bits per heavy atom. The minimum Gasteiger partial charge on any atom is -0.379 e. The Hall–Kier alpha value is -2.16. The van der Waals surface area contributed by atoms with Gasteiger partial charge in [0.05, 0.1) is 10.7 Å². The zero-order chi connectivity index (χ0) is 16.8. The first-order chi connectivity index (χ1) is 10.2. The number of nitro benzene ring substituents is 1. The average Bonchev–Trinajstić information content (AvgIpc) is 2.36. The van der Waals surface area contributed by atoms with Crippen molar-refractivity contribution in [2.45, 2.75) is 19.4 Å². The molecule has 0 saturated carbocycles. The molecule has 0 bridgehead atoms.